The lowest BCUT2D eigenvalue weighted by atomic mass is 10.1. The molecule has 2 rings (SSSR count). The summed E-state index contributed by atoms with van der Waals surface area (Å²) in [4.78, 5) is 11.8. The Balaban J connectivity index is 1.80. The van der Waals surface area contributed by atoms with Crippen LogP contribution >= 0.6 is 0 Å². The predicted octanol–water partition coefficient (Wildman–Crippen LogP) is 3.03. The monoisotopic (exact) mass is 268 g/mol. The van der Waals surface area contributed by atoms with E-state index < -0.39 is 0 Å². The molecule has 104 valence electrons. The number of anilines is 1. The molecule has 2 aromatic carbocycles. The van der Waals surface area contributed by atoms with Gasteiger partial charge in [0.15, 0.2) is 0 Å². The summed E-state index contributed by atoms with van der Waals surface area (Å²) in [5.74, 6) is -0.0239. The fourth-order valence-corrected chi connectivity index (χ4v) is 2.05. The molecule has 0 fully saturated rings. The van der Waals surface area contributed by atoms with E-state index in [1.165, 1.54) is 11.1 Å². The second kappa shape index (κ2) is 6.87. The predicted molar refractivity (Wildman–Crippen MR) is 82.7 cm³/mol. The first-order chi connectivity index (χ1) is 9.65. The molecule has 0 aromatic heterocycles. The Morgan fingerprint density at radius 2 is 1.85 bits per heavy atom. The average molecular weight is 268 g/mol. The van der Waals surface area contributed by atoms with E-state index in [9.17, 15) is 4.79 Å². The van der Waals surface area contributed by atoms with Crippen LogP contribution in [0.25, 0.3) is 0 Å². The van der Waals surface area contributed by atoms with Crippen LogP contribution in [0.5, 0.6) is 0 Å². The van der Waals surface area contributed by atoms with Crippen LogP contribution in [0.3, 0.4) is 0 Å². The molecule has 2 N–H and O–H groups in total. The van der Waals surface area contributed by atoms with Gasteiger partial charge in [-0.2, -0.15) is 0 Å². The highest BCUT2D eigenvalue weighted by Gasteiger charge is 2.03. The molecule has 0 atom stereocenters. The zero-order valence-corrected chi connectivity index (χ0v) is 11.9. The number of hydrogen-bond acceptors (Lipinski definition) is 2. The van der Waals surface area contributed by atoms with Crippen molar-refractivity contribution < 1.29 is 4.79 Å². The molecule has 0 saturated carbocycles. The largest absolute Gasteiger partial charge is 0.325 e. The van der Waals surface area contributed by atoms with E-state index in [0.29, 0.717) is 13.1 Å². The maximum Gasteiger partial charge on any atom is 0.238 e. The van der Waals surface area contributed by atoms with Crippen LogP contribution in [0.1, 0.15) is 16.7 Å². The highest BCUT2D eigenvalue weighted by molar-refractivity contribution is 5.92. The highest BCUT2D eigenvalue weighted by Crippen LogP contribution is 2.09. The molecule has 0 aliphatic heterocycles. The Morgan fingerprint density at radius 3 is 2.60 bits per heavy atom. The summed E-state index contributed by atoms with van der Waals surface area (Å²) in [6.07, 6.45) is 0. The van der Waals surface area contributed by atoms with Crippen LogP contribution in [-0.2, 0) is 11.3 Å². The van der Waals surface area contributed by atoms with Crippen molar-refractivity contribution in [2.24, 2.45) is 0 Å². The van der Waals surface area contributed by atoms with Crippen molar-refractivity contribution in [1.82, 2.24) is 5.32 Å². The normalized spacial score (nSPS) is 10.3. The van der Waals surface area contributed by atoms with E-state index in [-0.39, 0.29) is 5.91 Å². The number of amides is 1. The van der Waals surface area contributed by atoms with Crippen molar-refractivity contribution in [3.8, 4) is 0 Å². The van der Waals surface area contributed by atoms with E-state index in [0.717, 1.165) is 11.3 Å². The molecule has 0 unspecified atom stereocenters. The minimum Gasteiger partial charge on any atom is -0.325 e. The summed E-state index contributed by atoms with van der Waals surface area (Å²) in [5, 5.41) is 6.05. The van der Waals surface area contributed by atoms with Crippen molar-refractivity contribution in [3.63, 3.8) is 0 Å². The molecule has 20 heavy (non-hydrogen) atoms. The standard InChI is InChI=1S/C17H20N2O/c1-13-6-5-9-16(10-13)19-17(20)12-18-11-15-8-4-3-7-14(15)2/h3-10,18H,11-12H2,1-2H3,(H,19,20). The van der Waals surface area contributed by atoms with E-state index in [1.54, 1.807) is 0 Å². The van der Waals surface area contributed by atoms with Crippen molar-refractivity contribution in [3.05, 3.63) is 65.2 Å². The van der Waals surface area contributed by atoms with Gasteiger partial charge in [-0.05, 0) is 42.7 Å². The van der Waals surface area contributed by atoms with Crippen molar-refractivity contribution in [2.75, 3.05) is 11.9 Å². The summed E-state index contributed by atoms with van der Waals surface area (Å²) in [7, 11) is 0. The van der Waals surface area contributed by atoms with Crippen LogP contribution in [-0.4, -0.2) is 12.5 Å². The maximum atomic E-state index is 11.8. The third kappa shape index (κ3) is 4.21. The minimum atomic E-state index is -0.0239. The molecule has 0 aliphatic carbocycles. The Morgan fingerprint density at radius 1 is 1.05 bits per heavy atom. The average Bonchev–Trinajstić information content (AvgIpc) is 2.41. The van der Waals surface area contributed by atoms with Crippen molar-refractivity contribution in [1.29, 1.82) is 0 Å². The Hall–Kier alpha value is -2.13. The van der Waals surface area contributed by atoms with Gasteiger partial charge in [0.2, 0.25) is 5.91 Å². The quantitative estimate of drug-likeness (QED) is 0.875. The Kier molecular flexibility index (Phi) is 4.91. The fraction of sp³-hybridized carbons (Fsp3) is 0.235. The Bertz CT molecular complexity index is 593. The second-order valence-electron chi connectivity index (χ2n) is 4.95. The van der Waals surface area contributed by atoms with Gasteiger partial charge in [0, 0.05) is 12.2 Å². The van der Waals surface area contributed by atoms with E-state index in [2.05, 4.69) is 29.7 Å². The molecule has 0 saturated heterocycles. The molecular formula is C17H20N2O. The van der Waals surface area contributed by atoms with Crippen molar-refractivity contribution >= 4 is 11.6 Å². The summed E-state index contributed by atoms with van der Waals surface area (Å²) < 4.78 is 0. The van der Waals surface area contributed by atoms with Gasteiger partial charge >= 0.3 is 0 Å². The summed E-state index contributed by atoms with van der Waals surface area (Å²) in [6.45, 7) is 5.09. The number of benzene rings is 2. The van der Waals surface area contributed by atoms with Crippen LogP contribution in [0.2, 0.25) is 0 Å². The van der Waals surface area contributed by atoms with Gasteiger partial charge in [0.1, 0.15) is 0 Å². The molecule has 0 radical (unpaired) electrons. The molecule has 0 heterocycles. The smallest absolute Gasteiger partial charge is 0.238 e. The fourth-order valence-electron chi connectivity index (χ4n) is 2.05. The summed E-state index contributed by atoms with van der Waals surface area (Å²) in [6, 6.07) is 16.0. The topological polar surface area (TPSA) is 41.1 Å². The molecule has 3 heteroatoms. The van der Waals surface area contributed by atoms with Gasteiger partial charge in [-0.3, -0.25) is 4.79 Å². The molecule has 0 bridgehead atoms. The SMILES string of the molecule is Cc1cccc(NC(=O)CNCc2ccccc2C)c1. The second-order valence-corrected chi connectivity index (χ2v) is 4.95. The number of carbonyl (C=O) groups excluding carboxylic acids is 1. The molecule has 2 aromatic rings. The molecular weight excluding hydrogens is 248 g/mol. The van der Waals surface area contributed by atoms with E-state index in [1.807, 2.05) is 43.3 Å². The minimum absolute atomic E-state index is 0.0239. The lowest BCUT2D eigenvalue weighted by Gasteiger charge is -2.09. The molecule has 0 aliphatic rings. The van der Waals surface area contributed by atoms with E-state index >= 15 is 0 Å². The lowest BCUT2D eigenvalue weighted by molar-refractivity contribution is -0.115. The Labute approximate surface area is 120 Å². The van der Waals surface area contributed by atoms with Crippen LogP contribution in [0.15, 0.2) is 48.5 Å². The van der Waals surface area contributed by atoms with E-state index in [4.69, 9.17) is 0 Å². The van der Waals surface area contributed by atoms with Gasteiger partial charge in [0.25, 0.3) is 0 Å². The first-order valence-electron chi connectivity index (χ1n) is 6.77. The number of hydrogen-bond donors (Lipinski definition) is 2. The number of aryl methyl sites for hydroxylation is 2. The molecule has 0 spiro atoms. The number of rotatable bonds is 5. The lowest BCUT2D eigenvalue weighted by Crippen LogP contribution is -2.27. The zero-order chi connectivity index (χ0) is 14.4. The first-order valence-corrected chi connectivity index (χ1v) is 6.77. The number of nitrogens with one attached hydrogen (secondary N) is 2. The first kappa shape index (κ1) is 14.3. The summed E-state index contributed by atoms with van der Waals surface area (Å²) >= 11 is 0. The van der Waals surface area contributed by atoms with Crippen LogP contribution in [0, 0.1) is 13.8 Å². The van der Waals surface area contributed by atoms with Gasteiger partial charge in [-0.15, -0.1) is 0 Å². The summed E-state index contributed by atoms with van der Waals surface area (Å²) in [5.41, 5.74) is 4.43. The zero-order valence-electron chi connectivity index (χ0n) is 11.9. The number of carbonyl (C=O) groups is 1. The molecule has 3 nitrogen and oxygen atoms in total. The maximum absolute atomic E-state index is 11.8. The van der Waals surface area contributed by atoms with Crippen LogP contribution < -0.4 is 10.6 Å². The van der Waals surface area contributed by atoms with Gasteiger partial charge < -0.3 is 10.6 Å². The molecule has 1 amide bonds. The van der Waals surface area contributed by atoms with Gasteiger partial charge in [-0.25, -0.2) is 0 Å². The van der Waals surface area contributed by atoms with Gasteiger partial charge in [-0.1, -0.05) is 36.4 Å². The third-order valence-electron chi connectivity index (χ3n) is 3.16. The van der Waals surface area contributed by atoms with Crippen LogP contribution in [0.4, 0.5) is 5.69 Å². The third-order valence-corrected chi connectivity index (χ3v) is 3.16. The van der Waals surface area contributed by atoms with Crippen molar-refractivity contribution in [2.45, 2.75) is 20.4 Å². The highest BCUT2D eigenvalue weighted by atomic mass is 16.1. The van der Waals surface area contributed by atoms with Gasteiger partial charge in [0.05, 0.1) is 6.54 Å².